The summed E-state index contributed by atoms with van der Waals surface area (Å²) < 4.78 is 0. The van der Waals surface area contributed by atoms with Crippen molar-refractivity contribution in [3.63, 3.8) is 0 Å². The highest BCUT2D eigenvalue weighted by atomic mass is 32.2. The first-order valence-corrected chi connectivity index (χ1v) is 7.26. The molecule has 1 aromatic carbocycles. The number of carbonyl (C=O) groups excluding carboxylic acids is 2. The van der Waals surface area contributed by atoms with E-state index in [0.29, 0.717) is 5.56 Å². The second kappa shape index (κ2) is 7.24. The number of rotatable bonds is 6. The Kier molecular flexibility index (Phi) is 5.95. The minimum Gasteiger partial charge on any atom is -0.481 e. The summed E-state index contributed by atoms with van der Waals surface area (Å²) in [4.78, 5) is 34.1. The molecule has 0 radical (unpaired) electrons. The van der Waals surface area contributed by atoms with E-state index in [0.717, 1.165) is 22.9 Å². The first-order valence-electron chi connectivity index (χ1n) is 6.28. The highest BCUT2D eigenvalue weighted by Crippen LogP contribution is 2.18. The van der Waals surface area contributed by atoms with Crippen LogP contribution >= 0.6 is 11.8 Å². The van der Waals surface area contributed by atoms with Crippen molar-refractivity contribution in [2.45, 2.75) is 27.2 Å². The van der Waals surface area contributed by atoms with E-state index in [2.05, 4.69) is 0 Å². The lowest BCUT2D eigenvalue weighted by Crippen LogP contribution is -2.21. The lowest BCUT2D eigenvalue weighted by atomic mass is 9.97. The van der Waals surface area contributed by atoms with Gasteiger partial charge in [0.05, 0.1) is 5.92 Å². The fourth-order valence-corrected chi connectivity index (χ4v) is 2.39. The standard InChI is InChI=1S/C15H18O4S/c1-9-4-5-12(6-10(9)2)14(17)7-13(15(18)19)8-20-11(3)16/h4-6,13H,7-8H2,1-3H3,(H,18,19). The molecule has 0 amide bonds. The molecule has 5 heteroatoms. The van der Waals surface area contributed by atoms with Crippen molar-refractivity contribution in [1.29, 1.82) is 0 Å². The van der Waals surface area contributed by atoms with Crippen LogP contribution in [-0.2, 0) is 9.59 Å². The average Bonchev–Trinajstić information content (AvgIpc) is 2.36. The van der Waals surface area contributed by atoms with Gasteiger partial charge in [-0.2, -0.15) is 0 Å². The van der Waals surface area contributed by atoms with Gasteiger partial charge in [0.1, 0.15) is 0 Å². The first-order chi connectivity index (χ1) is 9.31. The van der Waals surface area contributed by atoms with Crippen LogP contribution in [-0.4, -0.2) is 27.7 Å². The Bertz CT molecular complexity index is 537. The summed E-state index contributed by atoms with van der Waals surface area (Å²) in [5.74, 6) is -1.96. The highest BCUT2D eigenvalue weighted by molar-refractivity contribution is 8.13. The Morgan fingerprint density at radius 1 is 1.20 bits per heavy atom. The lowest BCUT2D eigenvalue weighted by Gasteiger charge is -2.11. The van der Waals surface area contributed by atoms with E-state index >= 15 is 0 Å². The van der Waals surface area contributed by atoms with E-state index in [1.165, 1.54) is 6.92 Å². The van der Waals surface area contributed by atoms with Crippen LogP contribution in [0.5, 0.6) is 0 Å². The van der Waals surface area contributed by atoms with Crippen LogP contribution in [0.25, 0.3) is 0 Å². The Balaban J connectivity index is 2.77. The number of aliphatic carboxylic acids is 1. The predicted octanol–water partition coefficient (Wildman–Crippen LogP) is 2.86. The number of carboxylic acid groups (broad SMARTS) is 1. The number of carbonyl (C=O) groups is 3. The molecule has 0 bridgehead atoms. The molecule has 1 atom stereocenters. The molecular formula is C15H18O4S. The summed E-state index contributed by atoms with van der Waals surface area (Å²) in [5.41, 5.74) is 2.61. The summed E-state index contributed by atoms with van der Waals surface area (Å²) in [5, 5.41) is 8.96. The van der Waals surface area contributed by atoms with Crippen molar-refractivity contribution in [1.82, 2.24) is 0 Å². The Morgan fingerprint density at radius 2 is 1.85 bits per heavy atom. The quantitative estimate of drug-likeness (QED) is 0.817. The minimum absolute atomic E-state index is 0.0852. The van der Waals surface area contributed by atoms with Gasteiger partial charge in [-0.05, 0) is 31.0 Å². The van der Waals surface area contributed by atoms with Crippen molar-refractivity contribution in [3.8, 4) is 0 Å². The first kappa shape index (κ1) is 16.4. The van der Waals surface area contributed by atoms with Crippen molar-refractivity contribution >= 4 is 28.6 Å². The van der Waals surface area contributed by atoms with Gasteiger partial charge < -0.3 is 5.11 Å². The van der Waals surface area contributed by atoms with E-state index in [1.807, 2.05) is 19.9 Å². The molecule has 1 N–H and O–H groups in total. The van der Waals surface area contributed by atoms with Gasteiger partial charge in [-0.1, -0.05) is 23.9 Å². The molecule has 0 saturated carbocycles. The maximum absolute atomic E-state index is 12.1. The van der Waals surface area contributed by atoms with Gasteiger partial charge in [-0.15, -0.1) is 0 Å². The van der Waals surface area contributed by atoms with Crippen molar-refractivity contribution in [2.24, 2.45) is 5.92 Å². The number of aryl methyl sites for hydroxylation is 2. The molecule has 4 nitrogen and oxygen atoms in total. The molecule has 0 aliphatic heterocycles. The molecule has 0 aromatic heterocycles. The third kappa shape index (κ3) is 4.81. The molecule has 1 unspecified atom stereocenters. The Labute approximate surface area is 122 Å². The lowest BCUT2D eigenvalue weighted by molar-refractivity contribution is -0.140. The number of Topliss-reactive ketones (excluding diaryl/α,β-unsaturated/α-hetero) is 1. The van der Waals surface area contributed by atoms with Crippen LogP contribution in [0.3, 0.4) is 0 Å². The molecule has 0 aliphatic carbocycles. The van der Waals surface area contributed by atoms with Gasteiger partial charge in [-0.25, -0.2) is 0 Å². The van der Waals surface area contributed by atoms with Gasteiger partial charge >= 0.3 is 5.97 Å². The smallest absolute Gasteiger partial charge is 0.307 e. The van der Waals surface area contributed by atoms with Gasteiger partial charge in [0.25, 0.3) is 0 Å². The third-order valence-corrected chi connectivity index (χ3v) is 4.07. The largest absolute Gasteiger partial charge is 0.481 e. The molecule has 0 heterocycles. The second-order valence-corrected chi connectivity index (χ2v) is 5.96. The van der Waals surface area contributed by atoms with Crippen molar-refractivity contribution in [3.05, 3.63) is 34.9 Å². The predicted molar refractivity (Wildman–Crippen MR) is 79.1 cm³/mol. The summed E-state index contributed by atoms with van der Waals surface area (Å²) in [7, 11) is 0. The van der Waals surface area contributed by atoms with Crippen LogP contribution in [0.15, 0.2) is 18.2 Å². The topological polar surface area (TPSA) is 71.4 Å². The van der Waals surface area contributed by atoms with Crippen molar-refractivity contribution in [2.75, 3.05) is 5.75 Å². The van der Waals surface area contributed by atoms with Gasteiger partial charge in [0, 0.05) is 24.7 Å². The molecule has 108 valence electrons. The third-order valence-electron chi connectivity index (χ3n) is 3.10. The molecule has 1 rings (SSSR count). The molecule has 0 fully saturated rings. The normalized spacial score (nSPS) is 11.9. The van der Waals surface area contributed by atoms with Gasteiger partial charge in [-0.3, -0.25) is 14.4 Å². The van der Waals surface area contributed by atoms with Gasteiger partial charge in [0.15, 0.2) is 10.9 Å². The average molecular weight is 294 g/mol. The fourth-order valence-electron chi connectivity index (χ4n) is 1.69. The van der Waals surface area contributed by atoms with Crippen LogP contribution < -0.4 is 0 Å². The summed E-state index contributed by atoms with van der Waals surface area (Å²) in [6.45, 7) is 5.24. The monoisotopic (exact) mass is 294 g/mol. The molecule has 0 spiro atoms. The summed E-state index contributed by atoms with van der Waals surface area (Å²) >= 11 is 0.939. The van der Waals surface area contributed by atoms with Crippen LogP contribution in [0.1, 0.15) is 34.8 Å². The molecule has 0 aliphatic rings. The summed E-state index contributed by atoms with van der Waals surface area (Å²) in [6, 6.07) is 5.33. The molecule has 1 aromatic rings. The zero-order valence-corrected chi connectivity index (χ0v) is 12.6. The maximum Gasteiger partial charge on any atom is 0.307 e. The number of ketones is 1. The Morgan fingerprint density at radius 3 is 2.35 bits per heavy atom. The number of thioether (sulfide) groups is 1. The van der Waals surface area contributed by atoms with E-state index in [4.69, 9.17) is 5.11 Å². The Hall–Kier alpha value is -1.62. The highest BCUT2D eigenvalue weighted by Gasteiger charge is 2.22. The van der Waals surface area contributed by atoms with E-state index in [-0.39, 0.29) is 23.1 Å². The second-order valence-electron chi connectivity index (χ2n) is 4.76. The fraction of sp³-hybridized carbons (Fsp3) is 0.400. The van der Waals surface area contributed by atoms with Crippen LogP contribution in [0.4, 0.5) is 0 Å². The van der Waals surface area contributed by atoms with Crippen LogP contribution in [0.2, 0.25) is 0 Å². The zero-order chi connectivity index (χ0) is 15.3. The van der Waals surface area contributed by atoms with Crippen LogP contribution in [0, 0.1) is 19.8 Å². The molecule has 0 saturated heterocycles. The zero-order valence-electron chi connectivity index (χ0n) is 11.8. The minimum atomic E-state index is -1.05. The maximum atomic E-state index is 12.1. The summed E-state index contributed by atoms with van der Waals surface area (Å²) in [6.07, 6.45) is -0.0852. The number of carboxylic acids is 1. The molecular weight excluding hydrogens is 276 g/mol. The number of benzene rings is 1. The SMILES string of the molecule is CC(=O)SCC(CC(=O)c1ccc(C)c(C)c1)C(=O)O. The molecule has 20 heavy (non-hydrogen) atoms. The van der Waals surface area contributed by atoms with E-state index < -0.39 is 11.9 Å². The van der Waals surface area contributed by atoms with E-state index in [9.17, 15) is 14.4 Å². The van der Waals surface area contributed by atoms with Crippen molar-refractivity contribution < 1.29 is 19.5 Å². The van der Waals surface area contributed by atoms with Gasteiger partial charge in [0.2, 0.25) is 0 Å². The number of hydrogen-bond donors (Lipinski definition) is 1. The number of hydrogen-bond acceptors (Lipinski definition) is 4. The van der Waals surface area contributed by atoms with E-state index in [1.54, 1.807) is 12.1 Å².